The van der Waals surface area contributed by atoms with Crippen LogP contribution in [0, 0.1) is 0 Å². The zero-order valence-corrected chi connectivity index (χ0v) is 33.8. The molecule has 0 aliphatic rings. The fraction of sp³-hybridized carbons (Fsp3) is 0. The van der Waals surface area contributed by atoms with Crippen molar-refractivity contribution in [2.75, 3.05) is 0 Å². The molecule has 2 heterocycles. The molecule has 62 heavy (non-hydrogen) atoms. The van der Waals surface area contributed by atoms with Crippen molar-refractivity contribution in [2.45, 2.75) is 0 Å². The number of nitrogens with zero attached hydrogens (tertiary/aromatic N) is 2. The van der Waals surface area contributed by atoms with Crippen molar-refractivity contribution in [1.82, 2.24) is 9.13 Å². The fourth-order valence-corrected chi connectivity index (χ4v) is 10.2. The quantitative estimate of drug-likeness (QED) is 0.154. The molecule has 2 aromatic heterocycles. The Balaban J connectivity index is 0.871. The van der Waals surface area contributed by atoms with E-state index in [4.69, 9.17) is 0 Å². The van der Waals surface area contributed by atoms with Gasteiger partial charge in [0.2, 0.25) is 0 Å². The van der Waals surface area contributed by atoms with Gasteiger partial charge in [0.25, 0.3) is 0 Å². The van der Waals surface area contributed by atoms with E-state index in [1.165, 1.54) is 115 Å². The molecule has 0 N–H and O–H groups in total. The minimum atomic E-state index is 1.15. The lowest BCUT2D eigenvalue weighted by Gasteiger charge is -2.13. The molecule has 0 saturated heterocycles. The van der Waals surface area contributed by atoms with Crippen LogP contribution >= 0.6 is 0 Å². The lowest BCUT2D eigenvalue weighted by atomic mass is 9.91. The van der Waals surface area contributed by atoms with E-state index < -0.39 is 0 Å². The molecule has 2 nitrogen and oxygen atoms in total. The highest BCUT2D eigenvalue weighted by Crippen LogP contribution is 2.40. The second-order valence-corrected chi connectivity index (χ2v) is 16.5. The van der Waals surface area contributed by atoms with E-state index in [0.717, 1.165) is 5.69 Å². The van der Waals surface area contributed by atoms with E-state index in [2.05, 4.69) is 240 Å². The zero-order valence-electron chi connectivity index (χ0n) is 33.8. The molecule has 0 bridgehead atoms. The summed E-state index contributed by atoms with van der Waals surface area (Å²) in [6.45, 7) is 0. The molecule has 0 unspecified atom stereocenters. The minimum absolute atomic E-state index is 1.15. The first-order chi connectivity index (χ1) is 30.7. The molecule has 0 radical (unpaired) electrons. The molecule has 0 fully saturated rings. The Morgan fingerprint density at radius 1 is 0.177 bits per heavy atom. The summed E-state index contributed by atoms with van der Waals surface area (Å²) in [4.78, 5) is 0. The maximum Gasteiger partial charge on any atom is 0.0541 e. The van der Waals surface area contributed by atoms with Crippen molar-refractivity contribution in [3.05, 3.63) is 231 Å². The van der Waals surface area contributed by atoms with Gasteiger partial charge in [-0.25, -0.2) is 0 Å². The van der Waals surface area contributed by atoms with Crippen LogP contribution in [0.2, 0.25) is 0 Å². The van der Waals surface area contributed by atoms with Crippen LogP contribution in [0.25, 0.3) is 121 Å². The summed E-state index contributed by atoms with van der Waals surface area (Å²) in [6.07, 6.45) is 0. The third-order valence-electron chi connectivity index (χ3n) is 13.1. The highest BCUT2D eigenvalue weighted by Gasteiger charge is 2.17. The lowest BCUT2D eigenvalue weighted by molar-refractivity contribution is 1.18. The van der Waals surface area contributed by atoms with Gasteiger partial charge >= 0.3 is 0 Å². The molecule has 13 rings (SSSR count). The normalized spacial score (nSPS) is 11.9. The number of aromatic nitrogens is 2. The van der Waals surface area contributed by atoms with Crippen LogP contribution in [0.1, 0.15) is 0 Å². The summed E-state index contributed by atoms with van der Waals surface area (Å²) in [7, 11) is 0. The van der Waals surface area contributed by atoms with Gasteiger partial charge in [0, 0.05) is 32.9 Å². The summed E-state index contributed by atoms with van der Waals surface area (Å²) in [5, 5.41) is 12.8. The molecule has 13 aromatic rings. The Morgan fingerprint density at radius 2 is 0.532 bits per heavy atom. The van der Waals surface area contributed by atoms with Crippen LogP contribution in [0.3, 0.4) is 0 Å². The number of hydrogen-bond acceptors (Lipinski definition) is 0. The van der Waals surface area contributed by atoms with Gasteiger partial charge in [-0.05, 0) is 138 Å². The number of hydrogen-bond donors (Lipinski definition) is 0. The summed E-state index contributed by atoms with van der Waals surface area (Å²) < 4.78 is 4.79. The molecule has 288 valence electrons. The third kappa shape index (κ3) is 5.30. The van der Waals surface area contributed by atoms with Crippen LogP contribution < -0.4 is 0 Å². The molecule has 0 atom stereocenters. The van der Waals surface area contributed by atoms with Crippen molar-refractivity contribution >= 4 is 75.9 Å². The third-order valence-corrected chi connectivity index (χ3v) is 13.1. The van der Waals surface area contributed by atoms with E-state index in [9.17, 15) is 0 Å². The predicted octanol–water partition coefficient (Wildman–Crippen LogP) is 16.3. The van der Waals surface area contributed by atoms with E-state index in [1.807, 2.05) is 0 Å². The highest BCUT2D eigenvalue weighted by atomic mass is 15.0. The molecule has 0 spiro atoms. The summed E-state index contributed by atoms with van der Waals surface area (Å²) in [6, 6.07) is 84.7. The Bertz CT molecular complexity index is 3870. The lowest BCUT2D eigenvalue weighted by Crippen LogP contribution is -1.94. The molecule has 2 heteroatoms. The van der Waals surface area contributed by atoms with Gasteiger partial charge in [-0.15, -0.1) is 0 Å². The number of rotatable bonds is 5. The van der Waals surface area contributed by atoms with Crippen molar-refractivity contribution in [3.8, 4) is 44.8 Å². The fourth-order valence-electron chi connectivity index (χ4n) is 10.2. The SMILES string of the molecule is c1ccc(-n2c3ccccc3c3cc(-c4ccc5c(c4)c4ccccc4n5-c4ccc(-c5cccc(-c6ccc7c8ccccc8c8ccccc8c7c6)c5)cc4)ccc32)cc1. The van der Waals surface area contributed by atoms with Crippen molar-refractivity contribution < 1.29 is 0 Å². The first-order valence-corrected chi connectivity index (χ1v) is 21.4. The van der Waals surface area contributed by atoms with Gasteiger partial charge in [-0.1, -0.05) is 158 Å². The van der Waals surface area contributed by atoms with E-state index in [1.54, 1.807) is 0 Å². The van der Waals surface area contributed by atoms with Crippen molar-refractivity contribution in [1.29, 1.82) is 0 Å². The summed E-state index contributed by atoms with van der Waals surface area (Å²) in [5.41, 5.74) is 14.4. The smallest absolute Gasteiger partial charge is 0.0541 e. The molecule has 0 aliphatic carbocycles. The second kappa shape index (κ2) is 13.7. The first kappa shape index (κ1) is 34.6. The Labute approximate surface area is 358 Å². The molecular weight excluding hydrogens is 749 g/mol. The second-order valence-electron chi connectivity index (χ2n) is 16.5. The van der Waals surface area contributed by atoms with E-state index >= 15 is 0 Å². The maximum atomic E-state index is 2.41. The zero-order chi connectivity index (χ0) is 40.7. The van der Waals surface area contributed by atoms with Crippen LogP contribution in [0.4, 0.5) is 0 Å². The number of benzene rings is 11. The monoisotopic (exact) mass is 786 g/mol. The Morgan fingerprint density at radius 3 is 1.08 bits per heavy atom. The van der Waals surface area contributed by atoms with Gasteiger partial charge in [0.05, 0.1) is 22.1 Å². The minimum Gasteiger partial charge on any atom is -0.309 e. The summed E-state index contributed by atoms with van der Waals surface area (Å²) >= 11 is 0. The Hall–Kier alpha value is -8.20. The van der Waals surface area contributed by atoms with Gasteiger partial charge < -0.3 is 9.13 Å². The molecule has 0 saturated carbocycles. The van der Waals surface area contributed by atoms with Crippen LogP contribution in [-0.2, 0) is 0 Å². The van der Waals surface area contributed by atoms with Gasteiger partial charge in [-0.3, -0.25) is 0 Å². The molecule has 0 aliphatic heterocycles. The van der Waals surface area contributed by atoms with E-state index in [0.29, 0.717) is 0 Å². The average molecular weight is 787 g/mol. The number of para-hydroxylation sites is 3. The van der Waals surface area contributed by atoms with Gasteiger partial charge in [0.1, 0.15) is 0 Å². The van der Waals surface area contributed by atoms with Crippen LogP contribution in [-0.4, -0.2) is 9.13 Å². The average Bonchev–Trinajstić information content (AvgIpc) is 3.86. The van der Waals surface area contributed by atoms with Gasteiger partial charge in [0.15, 0.2) is 0 Å². The largest absolute Gasteiger partial charge is 0.309 e. The topological polar surface area (TPSA) is 9.86 Å². The maximum absolute atomic E-state index is 2.41. The standard InChI is InChI=1S/C60H38N2/c1-2-15-45(16-3-1)61-57-23-10-8-21-52(57)55-37-43(28-33-59(55)61)44-29-34-60-56(38-44)53-22-9-11-24-58(53)62(60)46-30-25-39(26-31-46)40-13-12-14-41(35-40)42-27-32-51-49-19-5-4-17-47(49)48-18-6-7-20-50(48)54(51)36-42/h1-38H. The molecule has 0 amide bonds. The number of fused-ring (bicyclic) bond motifs is 12. The summed E-state index contributed by atoms with van der Waals surface area (Å²) in [5.74, 6) is 0. The van der Waals surface area contributed by atoms with Gasteiger partial charge in [-0.2, -0.15) is 0 Å². The predicted molar refractivity (Wildman–Crippen MR) is 264 cm³/mol. The molecular formula is C60H38N2. The van der Waals surface area contributed by atoms with Crippen LogP contribution in [0.15, 0.2) is 231 Å². The Kier molecular flexibility index (Phi) is 7.64. The highest BCUT2D eigenvalue weighted by molar-refractivity contribution is 6.25. The molecule has 11 aromatic carbocycles. The van der Waals surface area contributed by atoms with Crippen molar-refractivity contribution in [3.63, 3.8) is 0 Å². The van der Waals surface area contributed by atoms with Crippen LogP contribution in [0.5, 0.6) is 0 Å². The van der Waals surface area contributed by atoms with Crippen molar-refractivity contribution in [2.24, 2.45) is 0 Å². The van der Waals surface area contributed by atoms with E-state index in [-0.39, 0.29) is 0 Å². The first-order valence-electron chi connectivity index (χ1n) is 21.4.